The van der Waals surface area contributed by atoms with Crippen LogP contribution in [0.25, 0.3) is 22.4 Å². The second-order valence-corrected chi connectivity index (χ2v) is 6.69. The second-order valence-electron chi connectivity index (χ2n) is 6.69. The molecule has 0 aliphatic carbocycles. The van der Waals surface area contributed by atoms with Gasteiger partial charge < -0.3 is 19.9 Å². The molecule has 4 rings (SSSR count). The summed E-state index contributed by atoms with van der Waals surface area (Å²) < 4.78 is 5.24. The lowest BCUT2D eigenvalue weighted by molar-refractivity contribution is -0.116. The van der Waals surface area contributed by atoms with Crippen LogP contribution in [0.1, 0.15) is 37.6 Å². The first-order chi connectivity index (χ1) is 14.1. The van der Waals surface area contributed by atoms with Crippen LogP contribution >= 0.6 is 0 Å². The van der Waals surface area contributed by atoms with Crippen LogP contribution in [-0.2, 0) is 11.2 Å². The maximum atomic E-state index is 12.2. The highest BCUT2D eigenvalue weighted by atomic mass is 16.5. The van der Waals surface area contributed by atoms with Gasteiger partial charge in [0.1, 0.15) is 11.9 Å². The largest absolute Gasteiger partial charge is 0.385 e. The van der Waals surface area contributed by atoms with Crippen molar-refractivity contribution in [2.75, 3.05) is 5.32 Å². The van der Waals surface area contributed by atoms with Gasteiger partial charge in [-0.1, -0.05) is 5.16 Å². The number of aliphatic hydroxyl groups excluding tert-OH is 1. The number of pyridine rings is 1. The Morgan fingerprint density at radius 1 is 1.31 bits per heavy atom. The molecule has 148 valence electrons. The van der Waals surface area contributed by atoms with Crippen LogP contribution in [0.5, 0.6) is 0 Å². The minimum atomic E-state index is -0.677. The van der Waals surface area contributed by atoms with Crippen LogP contribution in [0.2, 0.25) is 0 Å². The molecule has 0 aliphatic heterocycles. The number of carbonyl (C=O) groups excluding carboxylic acids is 1. The number of carbonyl (C=O) groups is 1. The number of anilines is 1. The van der Waals surface area contributed by atoms with Crippen LogP contribution in [0, 0.1) is 0 Å². The fraction of sp³-hybridized carbons (Fsp3) is 0.250. The monoisotopic (exact) mass is 392 g/mol. The minimum Gasteiger partial charge on any atom is -0.385 e. The van der Waals surface area contributed by atoms with Crippen molar-refractivity contribution in [1.82, 2.24) is 25.1 Å². The summed E-state index contributed by atoms with van der Waals surface area (Å²) in [5.74, 6) is 1.36. The van der Waals surface area contributed by atoms with Crippen LogP contribution in [0.4, 0.5) is 5.69 Å². The van der Waals surface area contributed by atoms with E-state index in [1.165, 1.54) is 0 Å². The number of nitrogens with zero attached hydrogens (tertiary/aromatic N) is 4. The predicted octanol–water partition coefficient (Wildman–Crippen LogP) is 3.02. The maximum absolute atomic E-state index is 12.2. The zero-order valence-electron chi connectivity index (χ0n) is 15.8. The number of rotatable bonds is 7. The number of imidazole rings is 1. The summed E-state index contributed by atoms with van der Waals surface area (Å²) in [7, 11) is 0. The van der Waals surface area contributed by atoms with E-state index in [9.17, 15) is 9.90 Å². The Bertz CT molecular complexity index is 1120. The first-order valence-corrected chi connectivity index (χ1v) is 9.29. The number of aryl methyl sites for hydroxylation is 1. The Kier molecular flexibility index (Phi) is 5.30. The number of benzene rings is 1. The average Bonchev–Trinajstić information content (AvgIpc) is 3.35. The Hall–Kier alpha value is -3.59. The number of aliphatic hydroxyl groups is 1. The summed E-state index contributed by atoms with van der Waals surface area (Å²) >= 11 is 0. The molecule has 0 saturated heterocycles. The van der Waals surface area contributed by atoms with E-state index in [1.54, 1.807) is 37.5 Å². The van der Waals surface area contributed by atoms with Crippen LogP contribution < -0.4 is 5.32 Å². The van der Waals surface area contributed by atoms with Gasteiger partial charge in [0.05, 0.1) is 11.0 Å². The molecule has 0 bridgehead atoms. The summed E-state index contributed by atoms with van der Waals surface area (Å²) in [5.41, 5.74) is 2.94. The third kappa shape index (κ3) is 4.46. The molecule has 9 heteroatoms. The van der Waals surface area contributed by atoms with Crippen molar-refractivity contribution >= 4 is 22.6 Å². The Labute approximate surface area is 166 Å². The fourth-order valence-electron chi connectivity index (χ4n) is 2.90. The van der Waals surface area contributed by atoms with Crippen molar-refractivity contribution in [2.45, 2.75) is 32.3 Å². The molecule has 0 aliphatic rings. The zero-order chi connectivity index (χ0) is 20.2. The van der Waals surface area contributed by atoms with E-state index in [0.717, 1.165) is 16.6 Å². The van der Waals surface area contributed by atoms with E-state index >= 15 is 0 Å². The van der Waals surface area contributed by atoms with Crippen molar-refractivity contribution in [3.05, 3.63) is 54.4 Å². The molecule has 9 nitrogen and oxygen atoms in total. The highest BCUT2D eigenvalue weighted by Gasteiger charge is 2.11. The molecular weight excluding hydrogens is 372 g/mol. The lowest BCUT2D eigenvalue weighted by Crippen LogP contribution is -2.11. The van der Waals surface area contributed by atoms with Crippen LogP contribution in [0.15, 0.2) is 47.2 Å². The van der Waals surface area contributed by atoms with E-state index < -0.39 is 6.10 Å². The highest BCUT2D eigenvalue weighted by Crippen LogP contribution is 2.20. The predicted molar refractivity (Wildman–Crippen MR) is 106 cm³/mol. The van der Waals surface area contributed by atoms with Crippen molar-refractivity contribution in [2.24, 2.45) is 0 Å². The quantitative estimate of drug-likeness (QED) is 0.441. The number of aromatic amines is 1. The number of H-pyrrole nitrogens is 1. The first-order valence-electron chi connectivity index (χ1n) is 9.29. The molecule has 1 unspecified atom stereocenters. The molecule has 29 heavy (non-hydrogen) atoms. The minimum absolute atomic E-state index is 0.105. The van der Waals surface area contributed by atoms with Gasteiger partial charge in [0.2, 0.25) is 17.6 Å². The lowest BCUT2D eigenvalue weighted by atomic mass is 10.2. The normalized spacial score (nSPS) is 12.2. The summed E-state index contributed by atoms with van der Waals surface area (Å²) in [6.45, 7) is 1.64. The number of aromatic nitrogens is 5. The summed E-state index contributed by atoms with van der Waals surface area (Å²) in [6.07, 6.45) is 4.09. The second kappa shape index (κ2) is 8.19. The van der Waals surface area contributed by atoms with E-state index in [1.807, 2.05) is 12.1 Å². The van der Waals surface area contributed by atoms with Crippen LogP contribution in [0.3, 0.4) is 0 Å². The molecule has 3 heterocycles. The van der Waals surface area contributed by atoms with Gasteiger partial charge in [-0.25, -0.2) is 4.98 Å². The van der Waals surface area contributed by atoms with Gasteiger partial charge in [-0.15, -0.1) is 0 Å². The fourth-order valence-corrected chi connectivity index (χ4v) is 2.90. The van der Waals surface area contributed by atoms with Gasteiger partial charge in [-0.2, -0.15) is 4.98 Å². The lowest BCUT2D eigenvalue weighted by Gasteiger charge is -2.04. The van der Waals surface area contributed by atoms with Gasteiger partial charge in [0.25, 0.3) is 0 Å². The SMILES string of the molecule is CC(O)c1nc2ccc(NC(=O)CCCc3nc(-c4cccnc4)no3)cc2[nH]1. The Balaban J connectivity index is 1.30. The Morgan fingerprint density at radius 3 is 3.00 bits per heavy atom. The summed E-state index contributed by atoms with van der Waals surface area (Å²) in [4.78, 5) is 27.9. The highest BCUT2D eigenvalue weighted by molar-refractivity contribution is 5.93. The zero-order valence-corrected chi connectivity index (χ0v) is 15.8. The number of nitrogens with one attached hydrogen (secondary N) is 2. The van der Waals surface area contributed by atoms with Gasteiger partial charge in [-0.3, -0.25) is 9.78 Å². The molecule has 0 fully saturated rings. The average molecular weight is 392 g/mol. The number of amides is 1. The van der Waals surface area contributed by atoms with Gasteiger partial charge in [0, 0.05) is 36.5 Å². The van der Waals surface area contributed by atoms with E-state index in [-0.39, 0.29) is 5.91 Å². The molecule has 0 spiro atoms. The molecule has 0 saturated carbocycles. The smallest absolute Gasteiger partial charge is 0.226 e. The molecule has 3 aromatic heterocycles. The maximum Gasteiger partial charge on any atom is 0.226 e. The molecule has 0 radical (unpaired) electrons. The topological polar surface area (TPSA) is 130 Å². The molecule has 1 atom stereocenters. The van der Waals surface area contributed by atoms with E-state index in [2.05, 4.69) is 30.4 Å². The van der Waals surface area contributed by atoms with Crippen molar-refractivity contribution in [1.29, 1.82) is 0 Å². The molecule has 1 amide bonds. The number of hydrogen-bond acceptors (Lipinski definition) is 7. The van der Waals surface area contributed by atoms with Crippen molar-refractivity contribution < 1.29 is 14.4 Å². The molecule has 3 N–H and O–H groups in total. The van der Waals surface area contributed by atoms with Crippen molar-refractivity contribution in [3.63, 3.8) is 0 Å². The summed E-state index contributed by atoms with van der Waals surface area (Å²) in [6, 6.07) is 9.04. The van der Waals surface area contributed by atoms with E-state index in [4.69, 9.17) is 4.52 Å². The van der Waals surface area contributed by atoms with E-state index in [0.29, 0.717) is 42.5 Å². The first kappa shape index (κ1) is 18.8. The van der Waals surface area contributed by atoms with Gasteiger partial charge in [0.15, 0.2) is 0 Å². The summed E-state index contributed by atoms with van der Waals surface area (Å²) in [5, 5.41) is 16.4. The number of hydrogen-bond donors (Lipinski definition) is 3. The third-order valence-electron chi connectivity index (χ3n) is 4.36. The molecular formula is C20H20N6O3. The van der Waals surface area contributed by atoms with Gasteiger partial charge in [-0.05, 0) is 43.7 Å². The molecule has 4 aromatic rings. The number of fused-ring (bicyclic) bond motifs is 1. The standard InChI is InChI=1S/C20H20N6O3/c1-12(27)19-23-15-8-7-14(10-16(15)24-19)22-17(28)5-2-6-18-25-20(26-29-18)13-4-3-9-21-11-13/h3-4,7-12,27H,2,5-6H2,1H3,(H,22,28)(H,23,24). The molecule has 1 aromatic carbocycles. The Morgan fingerprint density at radius 2 is 2.21 bits per heavy atom. The van der Waals surface area contributed by atoms with Gasteiger partial charge >= 0.3 is 0 Å². The third-order valence-corrected chi connectivity index (χ3v) is 4.36. The van der Waals surface area contributed by atoms with Crippen LogP contribution in [-0.4, -0.2) is 36.1 Å². The van der Waals surface area contributed by atoms with Crippen molar-refractivity contribution in [3.8, 4) is 11.4 Å².